The van der Waals surface area contributed by atoms with Crippen LogP contribution in [0.1, 0.15) is 17.4 Å². The maximum absolute atomic E-state index is 12.2. The molecule has 0 atom stereocenters. The lowest BCUT2D eigenvalue weighted by Gasteiger charge is -2.10. The van der Waals surface area contributed by atoms with Crippen LogP contribution >= 0.6 is 11.6 Å². The summed E-state index contributed by atoms with van der Waals surface area (Å²) in [6.07, 6.45) is 0.967. The number of nitro benzene ring substituents is 1. The first-order valence-electron chi connectivity index (χ1n) is 8.43. The van der Waals surface area contributed by atoms with Gasteiger partial charge in [0.15, 0.2) is 15.5 Å². The minimum Gasteiger partial charge on any atom is -0.478 e. The number of sulfone groups is 1. The number of amides is 1. The molecule has 1 aromatic carbocycles. The molecule has 2 aromatic rings. The lowest BCUT2D eigenvalue weighted by molar-refractivity contribution is -0.384. The summed E-state index contributed by atoms with van der Waals surface area (Å²) in [7, 11) is -3.57. The Balaban J connectivity index is 2.01. The van der Waals surface area contributed by atoms with Crippen molar-refractivity contribution in [1.82, 2.24) is 10.3 Å². The highest BCUT2D eigenvalue weighted by Gasteiger charge is 2.19. The van der Waals surface area contributed by atoms with Gasteiger partial charge in [0.1, 0.15) is 5.69 Å². The number of anilines is 1. The van der Waals surface area contributed by atoms with Crippen molar-refractivity contribution in [3.63, 3.8) is 0 Å². The molecule has 0 aliphatic heterocycles. The second kappa shape index (κ2) is 9.52. The number of halogens is 1. The van der Waals surface area contributed by atoms with E-state index in [0.717, 1.165) is 12.3 Å². The van der Waals surface area contributed by atoms with Crippen LogP contribution in [0.5, 0.6) is 5.88 Å². The number of ether oxygens (including phenoxy) is 1. The molecule has 0 saturated heterocycles. The van der Waals surface area contributed by atoms with Gasteiger partial charge in [-0.1, -0.05) is 11.6 Å². The second-order valence-electron chi connectivity index (χ2n) is 5.80. The molecule has 0 aliphatic carbocycles. The summed E-state index contributed by atoms with van der Waals surface area (Å²) in [5.74, 6) is -0.262. The lowest BCUT2D eigenvalue weighted by atomic mass is 10.2. The van der Waals surface area contributed by atoms with Crippen LogP contribution in [0.4, 0.5) is 11.4 Å². The monoisotopic (exact) mass is 442 g/mol. The van der Waals surface area contributed by atoms with E-state index in [1.807, 2.05) is 0 Å². The minimum atomic E-state index is -3.57. The van der Waals surface area contributed by atoms with E-state index in [9.17, 15) is 23.3 Å². The average molecular weight is 443 g/mol. The van der Waals surface area contributed by atoms with E-state index in [1.165, 1.54) is 18.2 Å². The highest BCUT2D eigenvalue weighted by molar-refractivity contribution is 7.90. The van der Waals surface area contributed by atoms with E-state index in [-0.39, 0.29) is 46.0 Å². The molecule has 0 spiro atoms. The van der Waals surface area contributed by atoms with Gasteiger partial charge < -0.3 is 15.4 Å². The third-order valence-electron chi connectivity index (χ3n) is 3.65. The zero-order valence-corrected chi connectivity index (χ0v) is 17.2. The summed E-state index contributed by atoms with van der Waals surface area (Å²) in [6.45, 7) is 2.42. The number of nitrogens with zero attached hydrogens (tertiary/aromatic N) is 2. The van der Waals surface area contributed by atoms with Crippen molar-refractivity contribution >= 4 is 38.7 Å². The molecule has 0 radical (unpaired) electrons. The molecule has 2 N–H and O–H groups in total. The normalized spacial score (nSPS) is 11.0. The number of pyridine rings is 1. The van der Waals surface area contributed by atoms with Crippen LogP contribution in [-0.4, -0.2) is 50.2 Å². The summed E-state index contributed by atoms with van der Waals surface area (Å²) >= 11 is 5.99. The Hall–Kier alpha value is -2.92. The highest BCUT2D eigenvalue weighted by Crippen LogP contribution is 2.27. The van der Waals surface area contributed by atoms with Crippen molar-refractivity contribution in [2.45, 2.75) is 11.8 Å². The minimum absolute atomic E-state index is 0.00102. The fourth-order valence-corrected chi connectivity index (χ4v) is 3.14. The van der Waals surface area contributed by atoms with Crippen LogP contribution < -0.4 is 15.4 Å². The summed E-state index contributed by atoms with van der Waals surface area (Å²) < 4.78 is 28.4. The maximum atomic E-state index is 12.2. The van der Waals surface area contributed by atoms with Crippen molar-refractivity contribution < 1.29 is 22.9 Å². The van der Waals surface area contributed by atoms with Crippen molar-refractivity contribution in [2.24, 2.45) is 0 Å². The Kier molecular flexibility index (Phi) is 7.35. The van der Waals surface area contributed by atoms with E-state index in [2.05, 4.69) is 15.6 Å². The Labute approximate surface area is 172 Å². The third kappa shape index (κ3) is 6.03. The van der Waals surface area contributed by atoms with Gasteiger partial charge in [0.05, 0.1) is 21.4 Å². The summed E-state index contributed by atoms with van der Waals surface area (Å²) in [4.78, 5) is 26.7. The Morgan fingerprint density at radius 3 is 2.62 bits per heavy atom. The number of hydrogen-bond acceptors (Lipinski definition) is 8. The number of carbonyl (C=O) groups excluding carboxylic acids is 1. The summed E-state index contributed by atoms with van der Waals surface area (Å²) in [5.41, 5.74) is -0.249. The number of nitro groups is 1. The number of benzene rings is 1. The molecule has 2 rings (SSSR count). The second-order valence-corrected chi connectivity index (χ2v) is 8.23. The van der Waals surface area contributed by atoms with E-state index in [0.29, 0.717) is 6.61 Å². The zero-order chi connectivity index (χ0) is 21.6. The fourth-order valence-electron chi connectivity index (χ4n) is 2.31. The molecule has 0 fully saturated rings. The molecule has 12 heteroatoms. The van der Waals surface area contributed by atoms with Crippen LogP contribution in [0, 0.1) is 10.1 Å². The van der Waals surface area contributed by atoms with Gasteiger partial charge in [-0.2, -0.15) is 0 Å². The quantitative estimate of drug-likeness (QED) is 0.342. The van der Waals surface area contributed by atoms with Crippen LogP contribution in [0.3, 0.4) is 0 Å². The van der Waals surface area contributed by atoms with E-state index in [1.54, 1.807) is 13.0 Å². The SMILES string of the molecule is CCOc1ccc(Cl)c(C(=O)NCCNc2ccc(S(C)(=O)=O)cc2[N+](=O)[O-])n1. The van der Waals surface area contributed by atoms with Gasteiger partial charge in [0.2, 0.25) is 5.88 Å². The largest absolute Gasteiger partial charge is 0.478 e. The summed E-state index contributed by atoms with van der Waals surface area (Å²) in [5, 5.41) is 16.8. The van der Waals surface area contributed by atoms with Gasteiger partial charge in [0.25, 0.3) is 11.6 Å². The number of nitrogens with one attached hydrogen (secondary N) is 2. The molecule has 0 bridgehead atoms. The Morgan fingerprint density at radius 2 is 2.00 bits per heavy atom. The van der Waals surface area contributed by atoms with Gasteiger partial charge in [-0.25, -0.2) is 13.4 Å². The number of carbonyl (C=O) groups is 1. The number of hydrogen-bond donors (Lipinski definition) is 2. The van der Waals surface area contributed by atoms with Gasteiger partial charge in [-0.05, 0) is 25.1 Å². The van der Waals surface area contributed by atoms with Crippen molar-refractivity contribution in [3.8, 4) is 5.88 Å². The van der Waals surface area contributed by atoms with Crippen molar-refractivity contribution in [1.29, 1.82) is 0 Å². The van der Waals surface area contributed by atoms with Crippen LogP contribution in [0.2, 0.25) is 5.02 Å². The first-order chi connectivity index (χ1) is 13.6. The number of rotatable bonds is 9. The first-order valence-corrected chi connectivity index (χ1v) is 10.7. The summed E-state index contributed by atoms with van der Waals surface area (Å²) in [6, 6.07) is 6.61. The molecular weight excluding hydrogens is 424 g/mol. The predicted octanol–water partition coefficient (Wildman–Crippen LogP) is 2.29. The molecule has 1 aromatic heterocycles. The number of aromatic nitrogens is 1. The Bertz CT molecular complexity index is 1030. The maximum Gasteiger partial charge on any atom is 0.293 e. The Morgan fingerprint density at radius 1 is 1.28 bits per heavy atom. The predicted molar refractivity (Wildman–Crippen MR) is 107 cm³/mol. The van der Waals surface area contributed by atoms with Crippen molar-refractivity contribution in [2.75, 3.05) is 31.3 Å². The van der Waals surface area contributed by atoms with E-state index in [4.69, 9.17) is 16.3 Å². The lowest BCUT2D eigenvalue weighted by Crippen LogP contribution is -2.29. The van der Waals surface area contributed by atoms with Crippen molar-refractivity contribution in [3.05, 3.63) is 51.2 Å². The fraction of sp³-hybridized carbons (Fsp3) is 0.294. The van der Waals surface area contributed by atoms with Crippen LogP contribution in [-0.2, 0) is 9.84 Å². The molecule has 10 nitrogen and oxygen atoms in total. The smallest absolute Gasteiger partial charge is 0.293 e. The highest BCUT2D eigenvalue weighted by atomic mass is 35.5. The van der Waals surface area contributed by atoms with Gasteiger partial charge in [-0.15, -0.1) is 0 Å². The zero-order valence-electron chi connectivity index (χ0n) is 15.6. The van der Waals surface area contributed by atoms with Crippen LogP contribution in [0.25, 0.3) is 0 Å². The van der Waals surface area contributed by atoms with Gasteiger partial charge >= 0.3 is 0 Å². The van der Waals surface area contributed by atoms with E-state index < -0.39 is 20.7 Å². The van der Waals surface area contributed by atoms with Gasteiger partial charge in [0, 0.05) is 31.5 Å². The molecule has 1 heterocycles. The molecule has 0 aliphatic rings. The van der Waals surface area contributed by atoms with Gasteiger partial charge in [-0.3, -0.25) is 14.9 Å². The average Bonchev–Trinajstić information content (AvgIpc) is 2.65. The molecule has 156 valence electrons. The third-order valence-corrected chi connectivity index (χ3v) is 5.06. The van der Waals surface area contributed by atoms with Crippen LogP contribution in [0.15, 0.2) is 35.2 Å². The standard InChI is InChI=1S/C17H19ClN4O6S/c1-3-28-15-7-5-12(18)16(21-15)17(23)20-9-8-19-13-6-4-11(29(2,26)27)10-14(13)22(24)25/h4-7,10,19H,3,8-9H2,1-2H3,(H,20,23). The topological polar surface area (TPSA) is 141 Å². The molecule has 29 heavy (non-hydrogen) atoms. The molecule has 0 saturated carbocycles. The van der Waals surface area contributed by atoms with E-state index >= 15 is 0 Å². The molecule has 1 amide bonds. The molecular formula is C17H19ClN4O6S. The molecule has 0 unspecified atom stereocenters. The first kappa shape index (κ1) is 22.4.